The highest BCUT2D eigenvalue weighted by Gasteiger charge is 2.34. The molecule has 218 valence electrons. The summed E-state index contributed by atoms with van der Waals surface area (Å²) in [7, 11) is -3.99. The van der Waals surface area contributed by atoms with Gasteiger partial charge in [-0.05, 0) is 54.3 Å². The lowest BCUT2D eigenvalue weighted by molar-refractivity contribution is -0.140. The fraction of sp³-hybridized carbons (Fsp3) is 0.333. The molecular weight excluding hydrogens is 588 g/mol. The number of nitrogens with zero attached hydrogens (tertiary/aromatic N) is 2. The summed E-state index contributed by atoms with van der Waals surface area (Å²) in [5, 5.41) is 3.72. The Hall–Kier alpha value is -3.14. The minimum absolute atomic E-state index is 0.00233. The van der Waals surface area contributed by atoms with Gasteiger partial charge in [0.1, 0.15) is 18.4 Å². The van der Waals surface area contributed by atoms with Crippen molar-refractivity contribution >= 4 is 50.7 Å². The quantitative estimate of drug-likeness (QED) is 0.303. The van der Waals surface area contributed by atoms with Crippen LogP contribution < -0.4 is 9.62 Å². The standard InChI is InChI=1S/C30H32Cl2FN3O4S/c1-41(39,40)36(25-13-7-10-23(33)18-25)20-29(37)35(19-22-14-15-26(31)27(32)16-22)28(17-21-8-3-2-4-9-21)30(38)34-24-11-5-6-12-24/h2-4,7-10,13-16,18,24,28H,5-6,11-12,17,19-20H2,1H3,(H,34,38)/t28-/m0/s1. The van der Waals surface area contributed by atoms with Crippen molar-refractivity contribution in [3.05, 3.63) is 99.8 Å². The zero-order chi connectivity index (χ0) is 29.6. The van der Waals surface area contributed by atoms with Crippen LogP contribution in [0, 0.1) is 5.82 Å². The maximum Gasteiger partial charge on any atom is 0.244 e. The second-order valence-corrected chi connectivity index (χ2v) is 12.9. The Balaban J connectivity index is 1.74. The molecule has 1 fully saturated rings. The van der Waals surface area contributed by atoms with E-state index in [1.807, 2.05) is 30.3 Å². The Labute approximate surface area is 250 Å². The lowest BCUT2D eigenvalue weighted by Crippen LogP contribution is -2.54. The van der Waals surface area contributed by atoms with Gasteiger partial charge in [-0.1, -0.05) is 78.5 Å². The van der Waals surface area contributed by atoms with Crippen LogP contribution in [0.1, 0.15) is 36.8 Å². The highest BCUT2D eigenvalue weighted by atomic mass is 35.5. The van der Waals surface area contributed by atoms with E-state index in [-0.39, 0.29) is 35.6 Å². The fourth-order valence-electron chi connectivity index (χ4n) is 5.00. The molecule has 0 heterocycles. The number of hydrogen-bond acceptors (Lipinski definition) is 4. The van der Waals surface area contributed by atoms with E-state index >= 15 is 0 Å². The number of carbonyl (C=O) groups excluding carboxylic acids is 2. The number of benzene rings is 3. The van der Waals surface area contributed by atoms with Gasteiger partial charge in [0.15, 0.2) is 0 Å². The topological polar surface area (TPSA) is 86.8 Å². The van der Waals surface area contributed by atoms with Crippen LogP contribution in [0.3, 0.4) is 0 Å². The molecule has 41 heavy (non-hydrogen) atoms. The van der Waals surface area contributed by atoms with Crippen molar-refractivity contribution in [2.75, 3.05) is 17.1 Å². The first kappa shape index (κ1) is 30.8. The number of sulfonamides is 1. The van der Waals surface area contributed by atoms with Crippen molar-refractivity contribution in [1.29, 1.82) is 0 Å². The third-order valence-electron chi connectivity index (χ3n) is 7.08. The second kappa shape index (κ2) is 13.7. The minimum Gasteiger partial charge on any atom is -0.352 e. The predicted octanol–water partition coefficient (Wildman–Crippen LogP) is 5.60. The summed E-state index contributed by atoms with van der Waals surface area (Å²) >= 11 is 12.4. The van der Waals surface area contributed by atoms with Crippen molar-refractivity contribution in [3.63, 3.8) is 0 Å². The van der Waals surface area contributed by atoms with E-state index in [0.717, 1.165) is 47.9 Å². The number of nitrogens with one attached hydrogen (secondary N) is 1. The molecule has 3 aromatic carbocycles. The van der Waals surface area contributed by atoms with Gasteiger partial charge in [-0.3, -0.25) is 13.9 Å². The Kier molecular flexibility index (Phi) is 10.3. The van der Waals surface area contributed by atoms with E-state index in [1.165, 1.54) is 23.1 Å². The lowest BCUT2D eigenvalue weighted by Gasteiger charge is -2.34. The summed E-state index contributed by atoms with van der Waals surface area (Å²) in [4.78, 5) is 29.3. The number of hydrogen-bond donors (Lipinski definition) is 1. The molecule has 1 N–H and O–H groups in total. The summed E-state index contributed by atoms with van der Waals surface area (Å²) in [6.07, 6.45) is 4.88. The smallest absolute Gasteiger partial charge is 0.244 e. The minimum atomic E-state index is -3.99. The Bertz CT molecular complexity index is 1480. The van der Waals surface area contributed by atoms with Gasteiger partial charge < -0.3 is 10.2 Å². The van der Waals surface area contributed by atoms with Crippen molar-refractivity contribution in [2.24, 2.45) is 0 Å². The molecule has 1 aliphatic rings. The maximum atomic E-state index is 14.1. The van der Waals surface area contributed by atoms with Crippen molar-refractivity contribution < 1.29 is 22.4 Å². The number of anilines is 1. The van der Waals surface area contributed by atoms with Gasteiger partial charge in [0.05, 0.1) is 22.0 Å². The molecule has 0 unspecified atom stereocenters. The highest BCUT2D eigenvalue weighted by Crippen LogP contribution is 2.26. The third kappa shape index (κ3) is 8.44. The molecule has 1 aliphatic carbocycles. The summed E-state index contributed by atoms with van der Waals surface area (Å²) in [5.41, 5.74) is 1.44. The molecule has 1 saturated carbocycles. The number of carbonyl (C=O) groups is 2. The Morgan fingerprint density at radius 2 is 1.66 bits per heavy atom. The molecule has 7 nitrogen and oxygen atoms in total. The highest BCUT2D eigenvalue weighted by molar-refractivity contribution is 7.92. The first-order chi connectivity index (χ1) is 19.5. The first-order valence-electron chi connectivity index (χ1n) is 13.3. The molecule has 2 amide bonds. The van der Waals surface area contributed by atoms with Crippen molar-refractivity contribution in [1.82, 2.24) is 10.2 Å². The SMILES string of the molecule is CS(=O)(=O)N(CC(=O)N(Cc1ccc(Cl)c(Cl)c1)[C@@H](Cc1ccccc1)C(=O)NC1CCCC1)c1cccc(F)c1. The molecular formula is C30H32Cl2FN3O4S. The van der Waals surface area contributed by atoms with E-state index in [1.54, 1.807) is 18.2 Å². The van der Waals surface area contributed by atoms with Crippen LogP contribution in [-0.4, -0.2) is 50.0 Å². The van der Waals surface area contributed by atoms with Crippen LogP contribution in [0.5, 0.6) is 0 Å². The molecule has 0 aromatic heterocycles. The molecule has 3 aromatic rings. The number of halogens is 3. The summed E-state index contributed by atoms with van der Waals surface area (Å²) in [6, 6.07) is 18.3. The van der Waals surface area contributed by atoms with Crippen molar-refractivity contribution in [3.8, 4) is 0 Å². The zero-order valence-electron chi connectivity index (χ0n) is 22.6. The van der Waals surface area contributed by atoms with Gasteiger partial charge in [0.25, 0.3) is 0 Å². The summed E-state index contributed by atoms with van der Waals surface area (Å²) in [6.45, 7) is -0.669. The molecule has 0 aliphatic heterocycles. The van der Waals surface area contributed by atoms with Gasteiger partial charge in [-0.25, -0.2) is 12.8 Å². The van der Waals surface area contributed by atoms with Crippen LogP contribution in [0.15, 0.2) is 72.8 Å². The van der Waals surface area contributed by atoms with Crippen molar-refractivity contribution in [2.45, 2.75) is 50.7 Å². The van der Waals surface area contributed by atoms with E-state index in [0.29, 0.717) is 10.6 Å². The average Bonchev–Trinajstić information content (AvgIpc) is 3.44. The number of rotatable bonds is 11. The van der Waals surface area contributed by atoms with Gasteiger partial charge >= 0.3 is 0 Å². The van der Waals surface area contributed by atoms with Crippen LogP contribution in [0.4, 0.5) is 10.1 Å². The molecule has 1 atom stereocenters. The summed E-state index contributed by atoms with van der Waals surface area (Å²) < 4.78 is 40.5. The van der Waals surface area contributed by atoms with Gasteiger partial charge in [0, 0.05) is 19.0 Å². The molecule has 0 saturated heterocycles. The average molecular weight is 621 g/mol. The number of amides is 2. The van der Waals surface area contributed by atoms with Crippen LogP contribution in [-0.2, 0) is 32.6 Å². The van der Waals surface area contributed by atoms with Crippen LogP contribution in [0.2, 0.25) is 10.0 Å². The van der Waals surface area contributed by atoms with Gasteiger partial charge in [-0.15, -0.1) is 0 Å². The summed E-state index contributed by atoms with van der Waals surface area (Å²) in [5.74, 6) is -1.60. The van der Waals surface area contributed by atoms with E-state index in [9.17, 15) is 22.4 Å². The molecule has 4 rings (SSSR count). The fourth-order valence-corrected chi connectivity index (χ4v) is 6.16. The monoisotopic (exact) mass is 619 g/mol. The maximum absolute atomic E-state index is 14.1. The first-order valence-corrected chi connectivity index (χ1v) is 15.9. The van der Waals surface area contributed by atoms with E-state index in [4.69, 9.17) is 23.2 Å². The Morgan fingerprint density at radius 1 is 0.951 bits per heavy atom. The second-order valence-electron chi connectivity index (χ2n) is 10.2. The molecule has 0 radical (unpaired) electrons. The van der Waals surface area contributed by atoms with Crippen LogP contribution in [0.25, 0.3) is 0 Å². The molecule has 11 heteroatoms. The third-order valence-corrected chi connectivity index (χ3v) is 8.96. The van der Waals surface area contributed by atoms with E-state index < -0.39 is 34.3 Å². The van der Waals surface area contributed by atoms with E-state index in [2.05, 4.69) is 5.32 Å². The molecule has 0 bridgehead atoms. The van der Waals surface area contributed by atoms with Gasteiger partial charge in [-0.2, -0.15) is 0 Å². The van der Waals surface area contributed by atoms with Crippen LogP contribution >= 0.6 is 23.2 Å². The Morgan fingerprint density at radius 3 is 2.29 bits per heavy atom. The zero-order valence-corrected chi connectivity index (χ0v) is 24.9. The largest absolute Gasteiger partial charge is 0.352 e. The normalized spacial score (nSPS) is 14.4. The predicted molar refractivity (Wildman–Crippen MR) is 160 cm³/mol. The lowest BCUT2D eigenvalue weighted by atomic mass is 10.0. The van der Waals surface area contributed by atoms with Gasteiger partial charge in [0.2, 0.25) is 21.8 Å². The molecule has 0 spiro atoms.